The Balaban J connectivity index is 1.93. The molecule has 8 heteroatoms. The van der Waals surface area contributed by atoms with Crippen LogP contribution in [0.5, 0.6) is 5.75 Å². The van der Waals surface area contributed by atoms with Gasteiger partial charge in [-0.25, -0.2) is 0 Å². The number of unbranched alkanes of at least 4 members (excludes halogenated alkanes) is 1. The Bertz CT molecular complexity index is 678. The van der Waals surface area contributed by atoms with Gasteiger partial charge in [0.1, 0.15) is 10.8 Å². The van der Waals surface area contributed by atoms with Gasteiger partial charge in [-0.1, -0.05) is 47.9 Å². The number of hydrogen-bond acceptors (Lipinski definition) is 5. The van der Waals surface area contributed by atoms with Gasteiger partial charge < -0.3 is 4.74 Å². The van der Waals surface area contributed by atoms with Gasteiger partial charge in [0.15, 0.2) is 6.10 Å². The monoisotopic (exact) mass is 373 g/mol. The number of carbonyl (C=O) groups excluding carboxylic acids is 1. The molecule has 1 N–H and O–H groups in total. The van der Waals surface area contributed by atoms with Crippen molar-refractivity contribution >= 4 is 45.6 Å². The van der Waals surface area contributed by atoms with Crippen LogP contribution in [0.15, 0.2) is 18.2 Å². The Morgan fingerprint density at radius 3 is 2.87 bits per heavy atom. The molecule has 2 rings (SSSR count). The van der Waals surface area contributed by atoms with Crippen molar-refractivity contribution in [1.82, 2.24) is 10.2 Å². The summed E-state index contributed by atoms with van der Waals surface area (Å²) in [6.45, 7) is 3.75. The molecule has 2 aromatic rings. The molecule has 0 aliphatic heterocycles. The molecule has 5 nitrogen and oxygen atoms in total. The molecule has 0 saturated carbocycles. The van der Waals surface area contributed by atoms with Crippen LogP contribution >= 0.6 is 34.5 Å². The maximum absolute atomic E-state index is 12.2. The molecular weight excluding hydrogens is 357 g/mol. The fraction of sp³-hybridized carbons (Fsp3) is 0.400. The van der Waals surface area contributed by atoms with Crippen molar-refractivity contribution in [3.05, 3.63) is 33.3 Å². The summed E-state index contributed by atoms with van der Waals surface area (Å²) in [5.74, 6) is 0.0915. The lowest BCUT2D eigenvalue weighted by Gasteiger charge is -2.14. The first-order chi connectivity index (χ1) is 11.0. The maximum Gasteiger partial charge on any atom is 0.266 e. The van der Waals surface area contributed by atoms with Crippen molar-refractivity contribution in [1.29, 1.82) is 0 Å². The zero-order valence-corrected chi connectivity index (χ0v) is 15.1. The van der Waals surface area contributed by atoms with Crippen LogP contribution < -0.4 is 10.1 Å². The van der Waals surface area contributed by atoms with Crippen LogP contribution in [0, 0.1) is 0 Å². The van der Waals surface area contributed by atoms with E-state index in [2.05, 4.69) is 22.4 Å². The van der Waals surface area contributed by atoms with Gasteiger partial charge in [-0.3, -0.25) is 10.1 Å². The lowest BCUT2D eigenvalue weighted by atomic mass is 10.3. The molecule has 0 aliphatic carbocycles. The SMILES string of the molecule is CCCCc1nnc(NC(=O)C(C)Oc2ccc(Cl)cc2Cl)s1. The minimum atomic E-state index is -0.725. The van der Waals surface area contributed by atoms with E-state index in [0.717, 1.165) is 24.3 Å². The van der Waals surface area contributed by atoms with Crippen LogP contribution in [-0.4, -0.2) is 22.2 Å². The minimum absolute atomic E-state index is 0.311. The average Bonchev–Trinajstić information content (AvgIpc) is 2.95. The average molecular weight is 374 g/mol. The van der Waals surface area contributed by atoms with Crippen LogP contribution in [0.4, 0.5) is 5.13 Å². The van der Waals surface area contributed by atoms with Gasteiger partial charge in [-0.15, -0.1) is 10.2 Å². The number of halogens is 2. The lowest BCUT2D eigenvalue weighted by Crippen LogP contribution is -2.30. The summed E-state index contributed by atoms with van der Waals surface area (Å²) in [6.07, 6.45) is 2.29. The molecule has 0 aliphatic rings. The van der Waals surface area contributed by atoms with E-state index in [1.165, 1.54) is 11.3 Å². The fourth-order valence-electron chi connectivity index (χ4n) is 1.75. The largest absolute Gasteiger partial charge is 0.479 e. The van der Waals surface area contributed by atoms with Crippen LogP contribution in [0.2, 0.25) is 10.0 Å². The Morgan fingerprint density at radius 1 is 1.39 bits per heavy atom. The third-order valence-corrected chi connectivity index (χ3v) is 4.44. The maximum atomic E-state index is 12.2. The molecule has 1 unspecified atom stereocenters. The van der Waals surface area contributed by atoms with E-state index in [4.69, 9.17) is 27.9 Å². The minimum Gasteiger partial charge on any atom is -0.479 e. The lowest BCUT2D eigenvalue weighted by molar-refractivity contribution is -0.122. The van der Waals surface area contributed by atoms with Gasteiger partial charge >= 0.3 is 0 Å². The van der Waals surface area contributed by atoms with E-state index in [9.17, 15) is 4.79 Å². The number of hydrogen-bond donors (Lipinski definition) is 1. The van der Waals surface area contributed by atoms with Crippen molar-refractivity contribution in [2.75, 3.05) is 5.32 Å². The summed E-state index contributed by atoms with van der Waals surface area (Å²) in [5, 5.41) is 13.0. The molecule has 23 heavy (non-hydrogen) atoms. The van der Waals surface area contributed by atoms with Crippen molar-refractivity contribution in [3.63, 3.8) is 0 Å². The highest BCUT2D eigenvalue weighted by Gasteiger charge is 2.18. The number of ether oxygens (including phenoxy) is 1. The van der Waals surface area contributed by atoms with E-state index >= 15 is 0 Å². The van der Waals surface area contributed by atoms with Gasteiger partial charge in [0.2, 0.25) is 5.13 Å². The summed E-state index contributed by atoms with van der Waals surface area (Å²) in [5.41, 5.74) is 0. The first-order valence-electron chi connectivity index (χ1n) is 7.24. The quantitative estimate of drug-likeness (QED) is 0.770. The van der Waals surface area contributed by atoms with E-state index in [1.807, 2.05) is 0 Å². The zero-order valence-electron chi connectivity index (χ0n) is 12.8. The molecule has 0 fully saturated rings. The van der Waals surface area contributed by atoms with Gasteiger partial charge in [0, 0.05) is 11.4 Å². The predicted octanol–water partition coefficient (Wildman–Crippen LogP) is 4.59. The number of rotatable bonds is 7. The molecule has 0 radical (unpaired) electrons. The van der Waals surface area contributed by atoms with Gasteiger partial charge in [-0.2, -0.15) is 0 Å². The van der Waals surface area contributed by atoms with Crippen LogP contribution in [0.1, 0.15) is 31.7 Å². The molecule has 1 aromatic heterocycles. The van der Waals surface area contributed by atoms with Crippen molar-refractivity contribution in [2.24, 2.45) is 0 Å². The number of amides is 1. The van der Waals surface area contributed by atoms with Gasteiger partial charge in [-0.05, 0) is 31.5 Å². The van der Waals surface area contributed by atoms with E-state index in [-0.39, 0.29) is 5.91 Å². The van der Waals surface area contributed by atoms with Gasteiger partial charge in [0.25, 0.3) is 5.91 Å². The molecule has 124 valence electrons. The first-order valence-corrected chi connectivity index (χ1v) is 8.81. The van der Waals surface area contributed by atoms with Crippen LogP contribution in [0.25, 0.3) is 0 Å². The highest BCUT2D eigenvalue weighted by Crippen LogP contribution is 2.28. The predicted molar refractivity (Wildman–Crippen MR) is 93.7 cm³/mol. The number of nitrogens with zero attached hydrogens (tertiary/aromatic N) is 2. The van der Waals surface area contributed by atoms with Crippen molar-refractivity contribution < 1.29 is 9.53 Å². The van der Waals surface area contributed by atoms with E-state index in [0.29, 0.717) is 20.9 Å². The molecular formula is C15H17Cl2N3O2S. The topological polar surface area (TPSA) is 64.1 Å². The third-order valence-electron chi connectivity index (χ3n) is 3.01. The normalized spacial score (nSPS) is 12.0. The number of aromatic nitrogens is 2. The van der Waals surface area contributed by atoms with E-state index in [1.54, 1.807) is 25.1 Å². The Labute approximate surface area is 149 Å². The second kappa shape index (κ2) is 8.47. The van der Waals surface area contributed by atoms with E-state index < -0.39 is 6.10 Å². The van der Waals surface area contributed by atoms with Crippen molar-refractivity contribution in [3.8, 4) is 5.75 Å². The highest BCUT2D eigenvalue weighted by molar-refractivity contribution is 7.15. The fourth-order valence-corrected chi connectivity index (χ4v) is 2.99. The summed E-state index contributed by atoms with van der Waals surface area (Å²) < 4.78 is 5.56. The Hall–Kier alpha value is -1.37. The molecule has 0 saturated heterocycles. The molecule has 1 heterocycles. The summed E-state index contributed by atoms with van der Waals surface area (Å²) in [6, 6.07) is 4.84. The Kier molecular flexibility index (Phi) is 6.62. The molecule has 1 amide bonds. The summed E-state index contributed by atoms with van der Waals surface area (Å²) >= 11 is 13.2. The molecule has 0 spiro atoms. The smallest absolute Gasteiger partial charge is 0.266 e. The van der Waals surface area contributed by atoms with Crippen molar-refractivity contribution in [2.45, 2.75) is 39.2 Å². The zero-order chi connectivity index (χ0) is 16.8. The third kappa shape index (κ3) is 5.34. The van der Waals surface area contributed by atoms with Crippen LogP contribution in [-0.2, 0) is 11.2 Å². The molecule has 1 aromatic carbocycles. The van der Waals surface area contributed by atoms with Crippen LogP contribution in [0.3, 0.4) is 0 Å². The standard InChI is InChI=1S/C15H17Cl2N3O2S/c1-3-4-5-13-19-20-15(23-13)18-14(21)9(2)22-12-7-6-10(16)8-11(12)17/h6-9H,3-5H2,1-2H3,(H,18,20,21). The Morgan fingerprint density at radius 2 is 2.17 bits per heavy atom. The second-order valence-electron chi connectivity index (χ2n) is 4.93. The highest BCUT2D eigenvalue weighted by atomic mass is 35.5. The number of aryl methyl sites for hydroxylation is 1. The number of carbonyl (C=O) groups is 1. The molecule has 0 bridgehead atoms. The first kappa shape index (κ1) is 18.0. The summed E-state index contributed by atoms with van der Waals surface area (Å²) in [4.78, 5) is 12.2. The summed E-state index contributed by atoms with van der Waals surface area (Å²) in [7, 11) is 0. The van der Waals surface area contributed by atoms with Gasteiger partial charge in [0.05, 0.1) is 5.02 Å². The number of anilines is 1. The number of nitrogens with one attached hydrogen (secondary N) is 1. The second-order valence-corrected chi connectivity index (χ2v) is 6.83. The molecule has 1 atom stereocenters. The number of benzene rings is 1.